The lowest BCUT2D eigenvalue weighted by atomic mass is 9.86. The average molecular weight is 668 g/mol. The van der Waals surface area contributed by atoms with Crippen LogP contribution >= 0.6 is 15.9 Å². The van der Waals surface area contributed by atoms with Crippen LogP contribution in [0.2, 0.25) is 0 Å². The molecule has 0 bridgehead atoms. The molecule has 3 heterocycles. The third-order valence-electron chi connectivity index (χ3n) is 9.81. The number of anilines is 1. The molecule has 9 nitrogen and oxygen atoms in total. The average Bonchev–Trinajstić information content (AvgIpc) is 3.64. The molecule has 44 heavy (non-hydrogen) atoms. The summed E-state index contributed by atoms with van der Waals surface area (Å²) in [5.41, 5.74) is 0.916. The summed E-state index contributed by atoms with van der Waals surface area (Å²) >= 11 is 3.50. The molecule has 1 N–H and O–H groups in total. The monoisotopic (exact) mass is 666 g/mol. The molecule has 2 aromatic carbocycles. The quantitative estimate of drug-likeness (QED) is 0.393. The predicted octanol–water partition coefficient (Wildman–Crippen LogP) is 5.62. The van der Waals surface area contributed by atoms with Crippen molar-refractivity contribution in [2.75, 3.05) is 44.2 Å². The number of carbonyl (C=O) groups excluding carboxylic acids is 2. The molecule has 10 heteroatoms. The molecule has 1 unspecified atom stereocenters. The van der Waals surface area contributed by atoms with Crippen molar-refractivity contribution >= 4 is 39.5 Å². The highest BCUT2D eigenvalue weighted by Crippen LogP contribution is 2.41. The third-order valence-corrected chi connectivity index (χ3v) is 10.3. The number of likely N-dealkylation sites (tertiary alicyclic amines) is 2. The molecule has 236 valence electrons. The van der Waals surface area contributed by atoms with Crippen molar-refractivity contribution in [1.29, 1.82) is 0 Å². The second-order valence-electron chi connectivity index (χ2n) is 13.6. The van der Waals surface area contributed by atoms with Crippen LogP contribution in [0.15, 0.2) is 53.0 Å². The van der Waals surface area contributed by atoms with E-state index in [1.807, 2.05) is 41.3 Å². The van der Waals surface area contributed by atoms with Crippen molar-refractivity contribution in [3.05, 3.63) is 58.6 Å². The van der Waals surface area contributed by atoms with Crippen molar-refractivity contribution in [3.63, 3.8) is 0 Å². The summed E-state index contributed by atoms with van der Waals surface area (Å²) in [6, 6.07) is 16.4. The molecule has 1 spiro atoms. The van der Waals surface area contributed by atoms with Crippen LogP contribution in [0.5, 0.6) is 5.75 Å². The van der Waals surface area contributed by atoms with Crippen LogP contribution in [0.3, 0.4) is 0 Å². The van der Waals surface area contributed by atoms with E-state index in [0.29, 0.717) is 51.1 Å². The van der Waals surface area contributed by atoms with Gasteiger partial charge in [-0.25, -0.2) is 4.79 Å². The summed E-state index contributed by atoms with van der Waals surface area (Å²) in [7, 11) is 0. The normalized spacial score (nSPS) is 23.7. The molecule has 2 atom stereocenters. The summed E-state index contributed by atoms with van der Waals surface area (Å²) in [6.45, 7) is 7.97. The number of carbonyl (C=O) groups is 3. The van der Waals surface area contributed by atoms with E-state index in [0.717, 1.165) is 60.8 Å². The van der Waals surface area contributed by atoms with Gasteiger partial charge in [-0.3, -0.25) is 9.59 Å². The number of rotatable bonds is 8. The van der Waals surface area contributed by atoms with Crippen LogP contribution in [-0.4, -0.2) is 88.6 Å². The minimum Gasteiger partial charge on any atom is -0.478 e. The topological polar surface area (TPSA) is 93.6 Å². The Balaban J connectivity index is 1.08. The Bertz CT molecular complexity index is 1400. The van der Waals surface area contributed by atoms with Gasteiger partial charge in [-0.2, -0.15) is 0 Å². The largest absolute Gasteiger partial charge is 0.478 e. The fourth-order valence-corrected chi connectivity index (χ4v) is 7.47. The van der Waals surface area contributed by atoms with Gasteiger partial charge in [0, 0.05) is 73.5 Å². The third kappa shape index (κ3) is 6.70. The maximum Gasteiger partial charge on any atom is 0.407 e. The minimum absolute atomic E-state index is 0.0579. The van der Waals surface area contributed by atoms with E-state index in [1.54, 1.807) is 13.8 Å². The minimum atomic E-state index is -1.08. The molecule has 6 rings (SSSR count). The van der Waals surface area contributed by atoms with E-state index in [1.165, 1.54) is 4.90 Å². The van der Waals surface area contributed by atoms with Crippen molar-refractivity contribution in [2.45, 2.75) is 70.6 Å². The first-order valence-electron chi connectivity index (χ1n) is 15.9. The highest BCUT2D eigenvalue weighted by atomic mass is 79.9. The molecule has 0 aromatic heterocycles. The highest BCUT2D eigenvalue weighted by molar-refractivity contribution is 9.10. The van der Waals surface area contributed by atoms with Gasteiger partial charge < -0.3 is 29.4 Å². The molecule has 3 aliphatic heterocycles. The number of benzene rings is 2. The number of hydrogen-bond donors (Lipinski definition) is 1. The molecular weight excluding hydrogens is 624 g/mol. The van der Waals surface area contributed by atoms with Gasteiger partial charge >= 0.3 is 6.09 Å². The molecule has 4 fully saturated rings. The van der Waals surface area contributed by atoms with E-state index < -0.39 is 11.7 Å². The van der Waals surface area contributed by atoms with Crippen LogP contribution in [0.25, 0.3) is 0 Å². The number of piperidine rings is 1. The first-order chi connectivity index (χ1) is 21.0. The van der Waals surface area contributed by atoms with Gasteiger partial charge in [-0.15, -0.1) is 0 Å². The van der Waals surface area contributed by atoms with Gasteiger partial charge in [0.25, 0.3) is 5.91 Å². The van der Waals surface area contributed by atoms with Gasteiger partial charge in [0.05, 0.1) is 5.92 Å². The zero-order chi connectivity index (χ0) is 31.1. The Labute approximate surface area is 268 Å². The molecule has 1 aliphatic carbocycles. The lowest BCUT2D eigenvalue weighted by molar-refractivity contribution is -0.144. The number of amides is 3. The maximum absolute atomic E-state index is 13.8. The molecule has 1 saturated carbocycles. The number of ether oxygens (including phenoxy) is 1. The Morgan fingerprint density at radius 3 is 2.39 bits per heavy atom. The summed E-state index contributed by atoms with van der Waals surface area (Å²) in [5.74, 6) is 0.730. The lowest BCUT2D eigenvalue weighted by Gasteiger charge is -2.37. The Morgan fingerprint density at radius 1 is 1.00 bits per heavy atom. The highest BCUT2D eigenvalue weighted by Gasteiger charge is 2.48. The summed E-state index contributed by atoms with van der Waals surface area (Å²) in [6.07, 6.45) is 4.69. The van der Waals surface area contributed by atoms with Crippen LogP contribution in [0.1, 0.15) is 57.9 Å². The zero-order valence-electron chi connectivity index (χ0n) is 25.7. The summed E-state index contributed by atoms with van der Waals surface area (Å²) in [4.78, 5) is 46.6. The molecule has 0 radical (unpaired) electrons. The predicted molar refractivity (Wildman–Crippen MR) is 172 cm³/mol. The van der Waals surface area contributed by atoms with Gasteiger partial charge in [0.2, 0.25) is 5.91 Å². The molecule has 3 amide bonds. The molecule has 4 aliphatic rings. The van der Waals surface area contributed by atoms with Gasteiger partial charge in [-0.05, 0) is 82.2 Å². The Morgan fingerprint density at radius 2 is 1.70 bits per heavy atom. The van der Waals surface area contributed by atoms with E-state index in [4.69, 9.17) is 4.74 Å². The SMILES string of the molecule is CC(C)(Oc1cccc(N2CCC[C@@H](C(=O)N(Cc3ccc(Br)cc3)C3CC3)C2)c1)C(=O)N1CCC2(CCN(C(=O)O)C2)C1. The molecule has 2 aromatic rings. The van der Waals surface area contributed by atoms with Gasteiger partial charge in [-0.1, -0.05) is 34.1 Å². The summed E-state index contributed by atoms with van der Waals surface area (Å²) < 4.78 is 7.38. The van der Waals surface area contributed by atoms with Gasteiger partial charge in [0.15, 0.2) is 5.60 Å². The fourth-order valence-electron chi connectivity index (χ4n) is 7.21. The number of nitrogens with zero attached hydrogens (tertiary/aromatic N) is 4. The number of halogens is 1. The van der Waals surface area contributed by atoms with Crippen molar-refractivity contribution < 1.29 is 24.2 Å². The lowest BCUT2D eigenvalue weighted by Crippen LogP contribution is -2.49. The second kappa shape index (κ2) is 12.3. The van der Waals surface area contributed by atoms with E-state index in [9.17, 15) is 19.5 Å². The van der Waals surface area contributed by atoms with Crippen molar-refractivity contribution in [1.82, 2.24) is 14.7 Å². The standard InChI is InChI=1S/C34H43BrN4O5/c1-33(2,31(41)37-17-14-34(22-37)15-18-38(23-34)32(42)43)44-29-7-3-6-28(19-29)36-16-4-5-25(21-36)30(40)39(27-12-13-27)20-24-8-10-26(35)11-9-24/h3,6-11,19,25,27H,4-5,12-18,20-23H2,1-2H3,(H,42,43)/t25-,34?/m1/s1. The van der Waals surface area contributed by atoms with Crippen molar-refractivity contribution in [2.24, 2.45) is 11.3 Å². The zero-order valence-corrected chi connectivity index (χ0v) is 27.3. The molecular formula is C34H43BrN4O5. The second-order valence-corrected chi connectivity index (χ2v) is 14.6. The smallest absolute Gasteiger partial charge is 0.407 e. The summed E-state index contributed by atoms with van der Waals surface area (Å²) in [5, 5.41) is 9.40. The van der Waals surface area contributed by atoms with E-state index in [-0.39, 0.29) is 23.1 Å². The Hall–Kier alpha value is -3.27. The van der Waals surface area contributed by atoms with Gasteiger partial charge in [0.1, 0.15) is 5.75 Å². The first-order valence-corrected chi connectivity index (χ1v) is 16.7. The van der Waals surface area contributed by atoms with E-state index in [2.05, 4.69) is 37.9 Å². The van der Waals surface area contributed by atoms with Crippen LogP contribution in [0.4, 0.5) is 10.5 Å². The van der Waals surface area contributed by atoms with Crippen molar-refractivity contribution in [3.8, 4) is 5.75 Å². The number of hydrogen-bond acceptors (Lipinski definition) is 5. The molecule has 3 saturated heterocycles. The maximum atomic E-state index is 13.8. The Kier molecular flexibility index (Phi) is 8.56. The van der Waals surface area contributed by atoms with E-state index >= 15 is 0 Å². The van der Waals surface area contributed by atoms with Crippen LogP contribution in [-0.2, 0) is 16.1 Å². The van der Waals surface area contributed by atoms with Crippen LogP contribution in [0, 0.1) is 11.3 Å². The fraction of sp³-hybridized carbons (Fsp3) is 0.559. The van der Waals surface area contributed by atoms with Crippen LogP contribution < -0.4 is 9.64 Å². The number of carboxylic acid groups (broad SMARTS) is 1. The first kappa shape index (κ1) is 30.7.